The minimum atomic E-state index is -2.83. The maximum atomic E-state index is 12.4. The molecule has 0 aliphatic rings. The normalized spacial score (nSPS) is 11.1. The Morgan fingerprint density at radius 2 is 2.05 bits per heavy atom. The lowest BCUT2D eigenvalue weighted by Crippen LogP contribution is -2.37. The molecule has 0 fully saturated rings. The highest BCUT2D eigenvalue weighted by Crippen LogP contribution is 2.21. The van der Waals surface area contributed by atoms with E-state index in [4.69, 9.17) is 0 Å². The number of hydrogen-bond acceptors (Lipinski definition) is 2. The Bertz CT molecular complexity index is 470. The number of aliphatic imine (C=N–C) groups is 1. The van der Waals surface area contributed by atoms with E-state index in [0.717, 1.165) is 24.9 Å². The Morgan fingerprint density at radius 3 is 2.64 bits per heavy atom. The molecule has 1 aromatic carbocycles. The fourth-order valence-electron chi connectivity index (χ4n) is 1.84. The van der Waals surface area contributed by atoms with Gasteiger partial charge in [0.15, 0.2) is 5.96 Å². The molecule has 0 heterocycles. The third kappa shape index (κ3) is 7.77. The molecule has 0 amide bonds. The first-order valence-corrected chi connectivity index (χ1v) is 7.05. The van der Waals surface area contributed by atoms with Crippen LogP contribution in [-0.2, 0) is 6.54 Å². The summed E-state index contributed by atoms with van der Waals surface area (Å²) in [5.41, 5.74) is 1.66. The number of hydrogen-bond donors (Lipinski definition) is 2. The van der Waals surface area contributed by atoms with Crippen LogP contribution in [0.5, 0.6) is 5.75 Å². The third-order valence-corrected chi connectivity index (χ3v) is 2.92. The van der Waals surface area contributed by atoms with Crippen molar-refractivity contribution < 1.29 is 13.5 Å². The highest BCUT2D eigenvalue weighted by atomic mass is 127. The Hall–Kier alpha value is -1.12. The van der Waals surface area contributed by atoms with Crippen LogP contribution in [0.2, 0.25) is 0 Å². The van der Waals surface area contributed by atoms with Crippen LogP contribution in [-0.4, -0.2) is 26.2 Å². The molecule has 2 N–H and O–H groups in total. The number of alkyl halides is 2. The van der Waals surface area contributed by atoms with Crippen molar-refractivity contribution >= 4 is 29.9 Å². The number of benzene rings is 1. The molecule has 0 aromatic heterocycles. The van der Waals surface area contributed by atoms with Crippen molar-refractivity contribution in [3.05, 3.63) is 29.3 Å². The number of rotatable bonds is 7. The lowest BCUT2D eigenvalue weighted by molar-refractivity contribution is -0.0504. The maximum Gasteiger partial charge on any atom is 0.387 e. The van der Waals surface area contributed by atoms with Gasteiger partial charge in [-0.15, -0.1) is 24.0 Å². The van der Waals surface area contributed by atoms with E-state index >= 15 is 0 Å². The predicted molar refractivity (Wildman–Crippen MR) is 96.3 cm³/mol. The van der Waals surface area contributed by atoms with Crippen LogP contribution < -0.4 is 15.4 Å². The Morgan fingerprint density at radius 1 is 1.32 bits per heavy atom. The molecular formula is C15H24F2IN3O. The van der Waals surface area contributed by atoms with Gasteiger partial charge in [-0.2, -0.15) is 8.78 Å². The Kier molecular flexibility index (Phi) is 10.9. The maximum absolute atomic E-state index is 12.4. The molecule has 0 bridgehead atoms. The summed E-state index contributed by atoms with van der Waals surface area (Å²) in [5, 5.41) is 6.26. The summed E-state index contributed by atoms with van der Waals surface area (Å²) in [6.07, 6.45) is 2.14. The summed E-state index contributed by atoms with van der Waals surface area (Å²) in [5.74, 6) is 0.833. The first-order chi connectivity index (χ1) is 10.1. The summed E-state index contributed by atoms with van der Waals surface area (Å²) in [4.78, 5) is 4.09. The van der Waals surface area contributed by atoms with E-state index < -0.39 is 6.61 Å². The van der Waals surface area contributed by atoms with Gasteiger partial charge in [0, 0.05) is 25.7 Å². The minimum absolute atomic E-state index is 0. The second kappa shape index (κ2) is 11.4. The van der Waals surface area contributed by atoms with Crippen molar-refractivity contribution in [3.8, 4) is 5.75 Å². The molecule has 0 atom stereocenters. The third-order valence-electron chi connectivity index (χ3n) is 2.92. The summed E-state index contributed by atoms with van der Waals surface area (Å²) >= 11 is 0. The van der Waals surface area contributed by atoms with Crippen molar-refractivity contribution in [1.29, 1.82) is 0 Å². The Balaban J connectivity index is 0.00000441. The van der Waals surface area contributed by atoms with E-state index in [0.29, 0.717) is 18.1 Å². The van der Waals surface area contributed by atoms with Gasteiger partial charge >= 0.3 is 6.61 Å². The zero-order valence-corrected chi connectivity index (χ0v) is 15.5. The standard InChI is InChI=1S/C15H23F2N3O.HI/c1-4-5-8-19-15(18-3)20-10-12-9-11(2)6-7-13(12)21-14(16)17;/h6-7,9,14H,4-5,8,10H2,1-3H3,(H2,18,19,20);1H. The number of nitrogens with zero attached hydrogens (tertiary/aromatic N) is 1. The number of aryl methyl sites for hydroxylation is 1. The van der Waals surface area contributed by atoms with Gasteiger partial charge in [0.25, 0.3) is 0 Å². The van der Waals surface area contributed by atoms with Crippen LogP contribution in [0.4, 0.5) is 8.78 Å². The topological polar surface area (TPSA) is 45.7 Å². The largest absolute Gasteiger partial charge is 0.434 e. The van der Waals surface area contributed by atoms with Crippen LogP contribution in [0.1, 0.15) is 30.9 Å². The van der Waals surface area contributed by atoms with Crippen LogP contribution in [0.3, 0.4) is 0 Å². The highest BCUT2D eigenvalue weighted by molar-refractivity contribution is 14.0. The molecule has 0 aliphatic carbocycles. The second-order valence-corrected chi connectivity index (χ2v) is 4.70. The van der Waals surface area contributed by atoms with E-state index in [9.17, 15) is 8.78 Å². The first kappa shape index (κ1) is 20.9. The van der Waals surface area contributed by atoms with Crippen molar-refractivity contribution in [2.24, 2.45) is 4.99 Å². The van der Waals surface area contributed by atoms with Crippen LogP contribution >= 0.6 is 24.0 Å². The van der Waals surface area contributed by atoms with Crippen LogP contribution in [0.25, 0.3) is 0 Å². The molecule has 0 aliphatic heterocycles. The van der Waals surface area contributed by atoms with E-state index in [1.54, 1.807) is 19.2 Å². The molecule has 1 rings (SSSR count). The molecule has 0 unspecified atom stereocenters. The molecular weight excluding hydrogens is 403 g/mol. The molecule has 0 radical (unpaired) electrons. The average molecular weight is 427 g/mol. The number of guanidine groups is 1. The smallest absolute Gasteiger partial charge is 0.387 e. The van der Waals surface area contributed by atoms with Crippen molar-refractivity contribution in [3.63, 3.8) is 0 Å². The molecule has 4 nitrogen and oxygen atoms in total. The van der Waals surface area contributed by atoms with E-state index in [-0.39, 0.29) is 29.7 Å². The van der Waals surface area contributed by atoms with Gasteiger partial charge in [-0.3, -0.25) is 4.99 Å². The molecule has 0 saturated carbocycles. The Labute approximate surface area is 147 Å². The summed E-state index contributed by atoms with van der Waals surface area (Å²) in [7, 11) is 1.67. The minimum Gasteiger partial charge on any atom is -0.434 e. The summed E-state index contributed by atoms with van der Waals surface area (Å²) < 4.78 is 29.3. The van der Waals surface area contributed by atoms with E-state index in [2.05, 4.69) is 27.3 Å². The van der Waals surface area contributed by atoms with E-state index in [1.807, 2.05) is 13.0 Å². The van der Waals surface area contributed by atoms with Gasteiger partial charge in [0.2, 0.25) is 0 Å². The molecule has 126 valence electrons. The van der Waals surface area contributed by atoms with Crippen molar-refractivity contribution in [2.75, 3.05) is 13.6 Å². The zero-order chi connectivity index (χ0) is 15.7. The lowest BCUT2D eigenvalue weighted by atomic mass is 10.1. The highest BCUT2D eigenvalue weighted by Gasteiger charge is 2.10. The monoisotopic (exact) mass is 427 g/mol. The summed E-state index contributed by atoms with van der Waals surface area (Å²) in [6, 6.07) is 5.13. The fraction of sp³-hybridized carbons (Fsp3) is 0.533. The van der Waals surface area contributed by atoms with Crippen molar-refractivity contribution in [2.45, 2.75) is 39.8 Å². The van der Waals surface area contributed by atoms with Gasteiger partial charge in [-0.05, 0) is 19.4 Å². The molecule has 1 aromatic rings. The molecule has 7 heteroatoms. The van der Waals surface area contributed by atoms with Gasteiger partial charge in [-0.25, -0.2) is 0 Å². The predicted octanol–water partition coefficient (Wildman–Crippen LogP) is 3.68. The van der Waals surface area contributed by atoms with E-state index in [1.165, 1.54) is 0 Å². The fourth-order valence-corrected chi connectivity index (χ4v) is 1.84. The number of unbranched alkanes of at least 4 members (excludes halogenated alkanes) is 1. The molecule has 22 heavy (non-hydrogen) atoms. The van der Waals surface area contributed by atoms with Crippen LogP contribution in [0, 0.1) is 6.92 Å². The second-order valence-electron chi connectivity index (χ2n) is 4.70. The average Bonchev–Trinajstić information content (AvgIpc) is 2.44. The van der Waals surface area contributed by atoms with Gasteiger partial charge in [0.05, 0.1) is 0 Å². The number of halogens is 3. The van der Waals surface area contributed by atoms with Crippen LogP contribution in [0.15, 0.2) is 23.2 Å². The molecule has 0 saturated heterocycles. The van der Waals surface area contributed by atoms with Gasteiger partial charge in [0.1, 0.15) is 5.75 Å². The van der Waals surface area contributed by atoms with Gasteiger partial charge in [-0.1, -0.05) is 31.0 Å². The SMILES string of the molecule is CCCCNC(=NC)NCc1cc(C)ccc1OC(F)F.I. The number of ether oxygens (including phenoxy) is 1. The molecule has 0 spiro atoms. The first-order valence-electron chi connectivity index (χ1n) is 7.05. The number of nitrogens with one attached hydrogen (secondary N) is 2. The van der Waals surface area contributed by atoms with Crippen molar-refractivity contribution in [1.82, 2.24) is 10.6 Å². The zero-order valence-electron chi connectivity index (χ0n) is 13.2. The van der Waals surface area contributed by atoms with Gasteiger partial charge < -0.3 is 15.4 Å². The summed E-state index contributed by atoms with van der Waals surface area (Å²) in [6.45, 7) is 2.39. The quantitative estimate of drug-likeness (QED) is 0.302. The lowest BCUT2D eigenvalue weighted by Gasteiger charge is -2.15.